The highest BCUT2D eigenvalue weighted by Gasteiger charge is 2.53. The molecule has 0 radical (unpaired) electrons. The Morgan fingerprint density at radius 3 is 1.41 bits per heavy atom. The van der Waals surface area contributed by atoms with Gasteiger partial charge in [0.15, 0.2) is 12.6 Å². The molecule has 0 saturated carbocycles. The highest BCUT2D eigenvalue weighted by Crippen LogP contribution is 2.33. The fourth-order valence-corrected chi connectivity index (χ4v) is 5.14. The summed E-state index contributed by atoms with van der Waals surface area (Å²) in [6.45, 7) is -2.04. The van der Waals surface area contributed by atoms with E-state index in [1.165, 1.54) is 19.1 Å². The van der Waals surface area contributed by atoms with Gasteiger partial charge in [-0.1, -0.05) is 0 Å². The predicted octanol–water partition coefficient (Wildman–Crippen LogP) is -5.50. The van der Waals surface area contributed by atoms with Crippen molar-refractivity contribution in [2.75, 3.05) is 80.0 Å². The van der Waals surface area contributed by atoms with Gasteiger partial charge in [-0.25, -0.2) is 0 Å². The van der Waals surface area contributed by atoms with E-state index >= 15 is 0 Å². The normalized spacial score (nSPS) is 37.0. The van der Waals surface area contributed by atoms with E-state index in [-0.39, 0.29) is 52.6 Å². The Morgan fingerprint density at radius 1 is 0.595 bits per heavy atom. The van der Waals surface area contributed by atoms with E-state index in [4.69, 9.17) is 23.7 Å². The summed E-state index contributed by atoms with van der Waals surface area (Å²) in [5.74, 6) is 0. The van der Waals surface area contributed by atoms with Crippen molar-refractivity contribution >= 4 is 0 Å². The average Bonchev–Trinajstić information content (AvgIpc) is 2.89. The zero-order valence-electron chi connectivity index (χ0n) is 21.4. The Morgan fingerprint density at radius 2 is 1.00 bits per heavy atom. The molecule has 2 aliphatic rings. The number of hydrogen-bond acceptors (Lipinski definition) is 15. The molecular weight excluding hydrogens is 500 g/mol. The highest BCUT2D eigenvalue weighted by atomic mass is 16.7. The Balaban J connectivity index is 2.43. The molecule has 15 nitrogen and oxygen atoms in total. The molecular formula is C22H44N2O13. The maximum absolute atomic E-state index is 11.4. The second-order valence-electron chi connectivity index (χ2n) is 8.92. The third-order valence-corrected chi connectivity index (χ3v) is 6.83. The van der Waals surface area contributed by atoms with E-state index in [0.717, 1.165) is 0 Å². The summed E-state index contributed by atoms with van der Waals surface area (Å²) < 4.78 is 28.7. The van der Waals surface area contributed by atoms with Crippen LogP contribution in [-0.4, -0.2) is 192 Å². The summed E-state index contributed by atoms with van der Waals surface area (Å²) in [5.41, 5.74) is 0. The van der Waals surface area contributed by atoms with E-state index in [9.17, 15) is 40.9 Å². The first-order valence-corrected chi connectivity index (χ1v) is 12.4. The van der Waals surface area contributed by atoms with Crippen molar-refractivity contribution in [3.63, 3.8) is 0 Å². The van der Waals surface area contributed by atoms with Gasteiger partial charge in [0.2, 0.25) is 0 Å². The quantitative estimate of drug-likeness (QED) is 0.0910. The fraction of sp³-hybridized carbons (Fsp3) is 1.00. The largest absolute Gasteiger partial charge is 0.395 e. The Kier molecular flexibility index (Phi) is 14.5. The summed E-state index contributed by atoms with van der Waals surface area (Å²) in [6, 6.07) is -1.93. The number of aliphatic hydroxyl groups excluding tert-OH is 8. The summed E-state index contributed by atoms with van der Waals surface area (Å²) in [7, 11) is 2.69. The lowest BCUT2D eigenvalue weighted by molar-refractivity contribution is -0.347. The van der Waals surface area contributed by atoms with Crippen LogP contribution in [0.5, 0.6) is 0 Å². The van der Waals surface area contributed by atoms with E-state index < -0.39 is 74.5 Å². The second kappa shape index (κ2) is 16.5. The molecule has 0 aromatic heterocycles. The molecule has 2 rings (SSSR count). The van der Waals surface area contributed by atoms with Crippen molar-refractivity contribution in [3.05, 3.63) is 0 Å². The highest BCUT2D eigenvalue weighted by molar-refractivity contribution is 4.99. The molecule has 0 aliphatic carbocycles. The predicted molar refractivity (Wildman–Crippen MR) is 125 cm³/mol. The molecule has 0 bridgehead atoms. The molecule has 10 unspecified atom stereocenters. The molecule has 220 valence electrons. The lowest BCUT2D eigenvalue weighted by atomic mass is 9.93. The van der Waals surface area contributed by atoms with Gasteiger partial charge in [0.05, 0.1) is 51.7 Å². The Labute approximate surface area is 216 Å². The average molecular weight is 545 g/mol. The number of aliphatic hydroxyl groups is 8. The van der Waals surface area contributed by atoms with Gasteiger partial charge < -0.3 is 64.5 Å². The Hall–Kier alpha value is -0.600. The van der Waals surface area contributed by atoms with Gasteiger partial charge >= 0.3 is 0 Å². The molecule has 8 N–H and O–H groups in total. The van der Waals surface area contributed by atoms with Crippen molar-refractivity contribution in [1.29, 1.82) is 0 Å². The first-order chi connectivity index (χ1) is 17.9. The van der Waals surface area contributed by atoms with Gasteiger partial charge in [-0.05, 0) is 0 Å². The van der Waals surface area contributed by atoms with E-state index in [2.05, 4.69) is 0 Å². The number of hydrogen-bond donors (Lipinski definition) is 8. The Bertz CT molecular complexity index is 611. The molecule has 2 heterocycles. The number of nitrogens with zero attached hydrogens (tertiary/aromatic N) is 2. The van der Waals surface area contributed by atoms with Crippen molar-refractivity contribution in [2.24, 2.45) is 0 Å². The van der Waals surface area contributed by atoms with Crippen molar-refractivity contribution in [1.82, 2.24) is 9.80 Å². The summed E-state index contributed by atoms with van der Waals surface area (Å²) in [4.78, 5) is 3.11. The standard InChI is InChI=1S/C22H44N2O13/c1-33-19-13(11-29)36-22(16(17(19)31)24(5-9-27)6-10-28)37-20-14(12-30)35-21(34-2)15(18(20)32)23(3-7-25)4-8-26/h13-22,25-32H,3-12H2,1-2H3. The summed E-state index contributed by atoms with van der Waals surface area (Å²) in [6.07, 6.45) is -9.36. The second-order valence-corrected chi connectivity index (χ2v) is 8.92. The SMILES string of the molecule is COC1OC(CO)C(OC2OC(CO)C(OC)C(O)C2N(CCO)CCO)C(O)C1N(CCO)CCO. The first-order valence-electron chi connectivity index (χ1n) is 12.4. The summed E-state index contributed by atoms with van der Waals surface area (Å²) >= 11 is 0. The lowest BCUT2D eigenvalue weighted by Crippen LogP contribution is -2.70. The van der Waals surface area contributed by atoms with Gasteiger partial charge in [0.1, 0.15) is 36.6 Å². The van der Waals surface area contributed by atoms with Crippen LogP contribution in [-0.2, 0) is 23.7 Å². The molecule has 10 atom stereocenters. The van der Waals surface area contributed by atoms with Crippen LogP contribution in [0.25, 0.3) is 0 Å². The van der Waals surface area contributed by atoms with Gasteiger partial charge in [-0.15, -0.1) is 0 Å². The van der Waals surface area contributed by atoms with Crippen LogP contribution in [0.2, 0.25) is 0 Å². The van der Waals surface area contributed by atoms with Crippen LogP contribution in [0.1, 0.15) is 0 Å². The molecule has 0 aromatic carbocycles. The van der Waals surface area contributed by atoms with E-state index in [1.807, 2.05) is 0 Å². The summed E-state index contributed by atoms with van der Waals surface area (Å²) in [5, 5.41) is 80.7. The molecule has 15 heteroatoms. The number of rotatable bonds is 16. The molecule has 2 aliphatic heterocycles. The van der Waals surface area contributed by atoms with Gasteiger partial charge in [-0.3, -0.25) is 9.80 Å². The van der Waals surface area contributed by atoms with Crippen molar-refractivity contribution < 1.29 is 64.5 Å². The molecule has 0 amide bonds. The maximum Gasteiger partial charge on any atom is 0.176 e. The zero-order valence-corrected chi connectivity index (χ0v) is 21.4. The number of ether oxygens (including phenoxy) is 5. The van der Waals surface area contributed by atoms with Crippen LogP contribution in [0, 0.1) is 0 Å². The maximum atomic E-state index is 11.4. The van der Waals surface area contributed by atoms with Crippen molar-refractivity contribution in [2.45, 2.75) is 61.3 Å². The van der Waals surface area contributed by atoms with Crippen molar-refractivity contribution in [3.8, 4) is 0 Å². The van der Waals surface area contributed by atoms with Crippen LogP contribution in [0.3, 0.4) is 0 Å². The van der Waals surface area contributed by atoms with Gasteiger partial charge in [-0.2, -0.15) is 0 Å². The van der Waals surface area contributed by atoms with Crippen LogP contribution < -0.4 is 0 Å². The molecule has 37 heavy (non-hydrogen) atoms. The third kappa shape index (κ3) is 7.75. The van der Waals surface area contributed by atoms with Crippen LogP contribution in [0.15, 0.2) is 0 Å². The van der Waals surface area contributed by atoms with Gasteiger partial charge in [0, 0.05) is 40.4 Å². The first kappa shape index (κ1) is 32.6. The number of methoxy groups -OCH3 is 2. The minimum Gasteiger partial charge on any atom is -0.395 e. The van der Waals surface area contributed by atoms with E-state index in [1.54, 1.807) is 4.90 Å². The minimum absolute atomic E-state index is 0.0357. The fourth-order valence-electron chi connectivity index (χ4n) is 5.14. The van der Waals surface area contributed by atoms with Gasteiger partial charge in [0.25, 0.3) is 0 Å². The molecule has 2 saturated heterocycles. The lowest BCUT2D eigenvalue weighted by Gasteiger charge is -2.51. The molecule has 0 aromatic rings. The van der Waals surface area contributed by atoms with E-state index in [0.29, 0.717) is 0 Å². The zero-order chi connectivity index (χ0) is 27.5. The molecule has 2 fully saturated rings. The monoisotopic (exact) mass is 544 g/mol. The smallest absolute Gasteiger partial charge is 0.176 e. The third-order valence-electron chi connectivity index (χ3n) is 6.83. The van der Waals surface area contributed by atoms with Crippen LogP contribution >= 0.6 is 0 Å². The minimum atomic E-state index is -1.38. The van der Waals surface area contributed by atoms with Crippen LogP contribution in [0.4, 0.5) is 0 Å². The molecule has 0 spiro atoms. The topological polar surface area (TPSA) is 214 Å².